The highest BCUT2D eigenvalue weighted by Gasteiger charge is 2.25. The first kappa shape index (κ1) is 20.7. The number of piperidine rings is 1. The van der Waals surface area contributed by atoms with Crippen molar-refractivity contribution < 1.29 is 13.7 Å². The number of amides is 1. The SMILES string of the molecule is O=C(NCCCc1ccc(F)cc1)C1CCN(Cc2nc(-c3cccs3)no2)CC1. The van der Waals surface area contributed by atoms with Crippen molar-refractivity contribution in [2.45, 2.75) is 32.2 Å². The Morgan fingerprint density at radius 3 is 2.77 bits per heavy atom. The number of halogens is 1. The van der Waals surface area contributed by atoms with Crippen molar-refractivity contribution in [3.63, 3.8) is 0 Å². The van der Waals surface area contributed by atoms with Gasteiger partial charge in [0.2, 0.25) is 17.6 Å². The molecule has 0 aliphatic carbocycles. The summed E-state index contributed by atoms with van der Waals surface area (Å²) in [6.45, 7) is 2.93. The minimum absolute atomic E-state index is 0.0523. The van der Waals surface area contributed by atoms with Gasteiger partial charge in [0.05, 0.1) is 11.4 Å². The lowest BCUT2D eigenvalue weighted by molar-refractivity contribution is -0.126. The van der Waals surface area contributed by atoms with Gasteiger partial charge < -0.3 is 9.84 Å². The van der Waals surface area contributed by atoms with Crippen LogP contribution in [0.4, 0.5) is 4.39 Å². The summed E-state index contributed by atoms with van der Waals surface area (Å²) in [5, 5.41) is 9.09. The Hall–Kier alpha value is -2.58. The van der Waals surface area contributed by atoms with Crippen molar-refractivity contribution in [1.82, 2.24) is 20.4 Å². The molecule has 3 aromatic rings. The molecule has 6 nitrogen and oxygen atoms in total. The van der Waals surface area contributed by atoms with Gasteiger partial charge in [-0.15, -0.1) is 11.3 Å². The third-order valence-electron chi connectivity index (χ3n) is 5.38. The Balaban J connectivity index is 1.15. The second-order valence-electron chi connectivity index (χ2n) is 7.56. The average molecular weight is 429 g/mol. The predicted octanol–water partition coefficient (Wildman–Crippen LogP) is 3.90. The molecule has 0 saturated carbocycles. The van der Waals surface area contributed by atoms with Crippen LogP contribution in [0.15, 0.2) is 46.3 Å². The minimum atomic E-state index is -0.222. The maximum atomic E-state index is 12.9. The van der Waals surface area contributed by atoms with Gasteiger partial charge in [0.15, 0.2) is 0 Å². The zero-order chi connectivity index (χ0) is 20.8. The van der Waals surface area contributed by atoms with Crippen LogP contribution in [0.1, 0.15) is 30.7 Å². The van der Waals surface area contributed by atoms with Crippen LogP contribution in [0.2, 0.25) is 0 Å². The molecule has 158 valence electrons. The molecule has 30 heavy (non-hydrogen) atoms. The maximum absolute atomic E-state index is 12.9. The summed E-state index contributed by atoms with van der Waals surface area (Å²) in [4.78, 5) is 20.2. The number of aryl methyl sites for hydroxylation is 1. The molecule has 2 aromatic heterocycles. The highest BCUT2D eigenvalue weighted by molar-refractivity contribution is 7.13. The summed E-state index contributed by atoms with van der Waals surface area (Å²) in [5.74, 6) is 1.21. The highest BCUT2D eigenvalue weighted by Crippen LogP contribution is 2.23. The quantitative estimate of drug-likeness (QED) is 0.551. The summed E-state index contributed by atoms with van der Waals surface area (Å²) in [5.41, 5.74) is 1.09. The van der Waals surface area contributed by atoms with Crippen LogP contribution in [-0.2, 0) is 17.8 Å². The van der Waals surface area contributed by atoms with Gasteiger partial charge in [0.25, 0.3) is 0 Å². The third-order valence-corrected chi connectivity index (χ3v) is 6.25. The van der Waals surface area contributed by atoms with Crippen molar-refractivity contribution in [3.8, 4) is 10.7 Å². The molecule has 3 heterocycles. The van der Waals surface area contributed by atoms with E-state index in [0.29, 0.717) is 24.8 Å². The number of hydrogen-bond donors (Lipinski definition) is 1. The topological polar surface area (TPSA) is 71.3 Å². The Morgan fingerprint density at radius 1 is 1.23 bits per heavy atom. The molecule has 4 rings (SSSR count). The monoisotopic (exact) mass is 428 g/mol. The first-order valence-corrected chi connectivity index (χ1v) is 11.2. The summed E-state index contributed by atoms with van der Waals surface area (Å²) in [6.07, 6.45) is 3.34. The van der Waals surface area contributed by atoms with Gasteiger partial charge in [-0.05, 0) is 67.9 Å². The van der Waals surface area contributed by atoms with Crippen molar-refractivity contribution in [3.05, 3.63) is 59.0 Å². The number of aromatic nitrogens is 2. The smallest absolute Gasteiger partial charge is 0.241 e. The Morgan fingerprint density at radius 2 is 2.03 bits per heavy atom. The van der Waals surface area contributed by atoms with Crippen LogP contribution < -0.4 is 5.32 Å². The van der Waals surface area contributed by atoms with Crippen LogP contribution >= 0.6 is 11.3 Å². The van der Waals surface area contributed by atoms with E-state index in [4.69, 9.17) is 4.52 Å². The average Bonchev–Trinajstić information content (AvgIpc) is 3.45. The van der Waals surface area contributed by atoms with Crippen molar-refractivity contribution >= 4 is 17.2 Å². The van der Waals surface area contributed by atoms with Gasteiger partial charge in [-0.25, -0.2) is 4.39 Å². The molecule has 0 unspecified atom stereocenters. The van der Waals surface area contributed by atoms with E-state index in [2.05, 4.69) is 20.4 Å². The molecule has 1 amide bonds. The molecule has 1 saturated heterocycles. The lowest BCUT2D eigenvalue weighted by Gasteiger charge is -2.30. The number of carbonyl (C=O) groups is 1. The first-order valence-electron chi connectivity index (χ1n) is 10.3. The van der Waals surface area contributed by atoms with Crippen LogP contribution in [0.3, 0.4) is 0 Å². The summed E-state index contributed by atoms with van der Waals surface area (Å²) >= 11 is 1.59. The van der Waals surface area contributed by atoms with E-state index < -0.39 is 0 Å². The zero-order valence-electron chi connectivity index (χ0n) is 16.7. The maximum Gasteiger partial charge on any atom is 0.241 e. The molecular formula is C22H25FN4O2S. The van der Waals surface area contributed by atoms with Crippen LogP contribution in [0.25, 0.3) is 10.7 Å². The van der Waals surface area contributed by atoms with Crippen molar-refractivity contribution in [1.29, 1.82) is 0 Å². The standard InChI is InChI=1S/C22H25FN4O2S/c23-18-7-5-16(6-8-18)3-1-11-24-22(28)17-9-12-27(13-10-17)15-20-25-21(26-29-20)19-4-2-14-30-19/h2,4-8,14,17H,1,3,9-13,15H2,(H,24,28). The molecule has 8 heteroatoms. The van der Waals surface area contributed by atoms with E-state index in [-0.39, 0.29) is 17.6 Å². The molecule has 1 fully saturated rings. The number of thiophene rings is 1. The van der Waals surface area contributed by atoms with Gasteiger partial charge in [0, 0.05) is 12.5 Å². The number of likely N-dealkylation sites (tertiary alicyclic amines) is 1. The first-order chi connectivity index (χ1) is 14.7. The van der Waals surface area contributed by atoms with Crippen molar-refractivity contribution in [2.24, 2.45) is 5.92 Å². The van der Waals surface area contributed by atoms with E-state index in [1.807, 2.05) is 17.5 Å². The number of hydrogen-bond acceptors (Lipinski definition) is 6. The van der Waals surface area contributed by atoms with Gasteiger partial charge in [-0.3, -0.25) is 9.69 Å². The van der Waals surface area contributed by atoms with Crippen molar-refractivity contribution in [2.75, 3.05) is 19.6 Å². The number of nitrogens with zero attached hydrogens (tertiary/aromatic N) is 3. The number of carbonyl (C=O) groups excluding carboxylic acids is 1. The summed E-state index contributed by atoms with van der Waals surface area (Å²) in [7, 11) is 0. The highest BCUT2D eigenvalue weighted by atomic mass is 32.1. The minimum Gasteiger partial charge on any atom is -0.356 e. The second-order valence-corrected chi connectivity index (χ2v) is 8.51. The second kappa shape index (κ2) is 9.95. The molecule has 0 atom stereocenters. The number of rotatable bonds is 8. The summed E-state index contributed by atoms with van der Waals surface area (Å²) in [6, 6.07) is 10.5. The lowest BCUT2D eigenvalue weighted by atomic mass is 9.96. The Labute approximate surface area is 179 Å². The van der Waals surface area contributed by atoms with Gasteiger partial charge >= 0.3 is 0 Å². The van der Waals surface area contributed by atoms with E-state index >= 15 is 0 Å². The third kappa shape index (κ3) is 5.52. The van der Waals surface area contributed by atoms with Gasteiger partial charge in [-0.1, -0.05) is 23.4 Å². The molecule has 1 aliphatic heterocycles. The molecule has 0 spiro atoms. The molecule has 1 N–H and O–H groups in total. The van der Waals surface area contributed by atoms with Crippen LogP contribution in [0.5, 0.6) is 0 Å². The fourth-order valence-electron chi connectivity index (χ4n) is 3.67. The normalized spacial score (nSPS) is 15.4. The number of benzene rings is 1. The molecule has 1 aliphatic rings. The van der Waals surface area contributed by atoms with Crippen LogP contribution in [0, 0.1) is 11.7 Å². The molecule has 1 aromatic carbocycles. The molecular weight excluding hydrogens is 403 g/mol. The van der Waals surface area contributed by atoms with Gasteiger partial charge in [-0.2, -0.15) is 4.98 Å². The largest absolute Gasteiger partial charge is 0.356 e. The van der Waals surface area contributed by atoms with E-state index in [0.717, 1.165) is 49.2 Å². The Bertz CT molecular complexity index is 934. The fraction of sp³-hybridized carbons (Fsp3) is 0.409. The molecule has 0 bridgehead atoms. The van der Waals surface area contributed by atoms with E-state index in [9.17, 15) is 9.18 Å². The van der Waals surface area contributed by atoms with E-state index in [1.54, 1.807) is 23.5 Å². The van der Waals surface area contributed by atoms with Gasteiger partial charge in [0.1, 0.15) is 5.82 Å². The fourth-order valence-corrected chi connectivity index (χ4v) is 4.32. The predicted molar refractivity (Wildman–Crippen MR) is 113 cm³/mol. The van der Waals surface area contributed by atoms with E-state index in [1.165, 1.54) is 12.1 Å². The lowest BCUT2D eigenvalue weighted by Crippen LogP contribution is -2.40. The summed E-state index contributed by atoms with van der Waals surface area (Å²) < 4.78 is 18.3. The van der Waals surface area contributed by atoms with Crippen LogP contribution in [-0.4, -0.2) is 40.6 Å². The number of nitrogens with one attached hydrogen (secondary N) is 1. The Kier molecular flexibility index (Phi) is 6.86. The molecule has 0 radical (unpaired) electrons. The zero-order valence-corrected chi connectivity index (χ0v) is 17.5.